The molecule has 1 unspecified atom stereocenters. The van der Waals surface area contributed by atoms with Gasteiger partial charge >= 0.3 is 0 Å². The summed E-state index contributed by atoms with van der Waals surface area (Å²) < 4.78 is 24.3. The highest BCUT2D eigenvalue weighted by Gasteiger charge is 2.16. The number of rotatable bonds is 4. The fraction of sp³-hybridized carbons (Fsp3) is 0.417. The van der Waals surface area contributed by atoms with Crippen LogP contribution in [-0.2, 0) is 4.74 Å². The van der Waals surface area contributed by atoms with Gasteiger partial charge < -0.3 is 15.2 Å². The number of halogens is 1. The first-order valence-electron chi connectivity index (χ1n) is 5.46. The monoisotopic (exact) mass is 255 g/mol. The van der Waals surface area contributed by atoms with Crippen molar-refractivity contribution in [2.45, 2.75) is 6.42 Å². The topological polar surface area (TPSA) is 44.5 Å². The highest BCUT2D eigenvalue weighted by Crippen LogP contribution is 2.19. The van der Waals surface area contributed by atoms with Crippen molar-refractivity contribution in [2.75, 3.05) is 19.8 Å². The highest BCUT2D eigenvalue weighted by molar-refractivity contribution is 7.80. The minimum atomic E-state index is -0.447. The Morgan fingerprint density at radius 1 is 1.59 bits per heavy atom. The van der Waals surface area contributed by atoms with E-state index >= 15 is 0 Å². The maximum absolute atomic E-state index is 13.5. The molecule has 0 aliphatic carbocycles. The molecule has 0 bridgehead atoms. The zero-order chi connectivity index (χ0) is 12.3. The largest absolute Gasteiger partial charge is 0.493 e. The molecule has 1 atom stereocenters. The lowest BCUT2D eigenvalue weighted by molar-refractivity contribution is 0.167. The number of ether oxygens (including phenoxy) is 2. The Bertz CT molecular complexity index is 419. The molecule has 1 aromatic rings. The molecule has 0 saturated carbocycles. The number of thiocarbonyl (C=S) groups is 1. The molecular formula is C12H14FNO2S. The zero-order valence-electron chi connectivity index (χ0n) is 9.32. The fourth-order valence-electron chi connectivity index (χ4n) is 1.71. The normalized spacial score (nSPS) is 19.2. The number of hydrogen-bond donors (Lipinski definition) is 1. The lowest BCUT2D eigenvalue weighted by Crippen LogP contribution is -2.13. The van der Waals surface area contributed by atoms with Crippen LogP contribution >= 0.6 is 12.2 Å². The van der Waals surface area contributed by atoms with Gasteiger partial charge in [0.1, 0.15) is 16.6 Å². The molecule has 1 saturated heterocycles. The average Bonchev–Trinajstić information content (AvgIpc) is 2.78. The molecule has 92 valence electrons. The van der Waals surface area contributed by atoms with Crippen molar-refractivity contribution in [1.29, 1.82) is 0 Å². The summed E-state index contributed by atoms with van der Waals surface area (Å²) in [6, 6.07) is 4.52. The van der Waals surface area contributed by atoms with E-state index in [1.54, 1.807) is 6.07 Å². The fourth-order valence-corrected chi connectivity index (χ4v) is 1.88. The van der Waals surface area contributed by atoms with E-state index in [1.807, 2.05) is 0 Å². The van der Waals surface area contributed by atoms with E-state index in [9.17, 15) is 4.39 Å². The van der Waals surface area contributed by atoms with Crippen LogP contribution in [0.5, 0.6) is 5.75 Å². The molecule has 0 radical (unpaired) electrons. The summed E-state index contributed by atoms with van der Waals surface area (Å²) >= 11 is 4.73. The van der Waals surface area contributed by atoms with Crippen molar-refractivity contribution in [3.8, 4) is 5.75 Å². The third-order valence-corrected chi connectivity index (χ3v) is 2.94. The van der Waals surface area contributed by atoms with Gasteiger partial charge in [-0.2, -0.15) is 0 Å². The number of nitrogens with two attached hydrogens (primary N) is 1. The van der Waals surface area contributed by atoms with Crippen LogP contribution in [0, 0.1) is 11.7 Å². The molecule has 1 aromatic carbocycles. The first-order valence-corrected chi connectivity index (χ1v) is 5.87. The van der Waals surface area contributed by atoms with E-state index in [0.717, 1.165) is 13.0 Å². The van der Waals surface area contributed by atoms with Gasteiger partial charge in [-0.25, -0.2) is 4.39 Å². The predicted molar refractivity (Wildman–Crippen MR) is 66.7 cm³/mol. The molecule has 2 rings (SSSR count). The minimum absolute atomic E-state index is 0.0539. The Balaban J connectivity index is 1.97. The molecule has 1 aliphatic heterocycles. The van der Waals surface area contributed by atoms with Crippen LogP contribution in [0.3, 0.4) is 0 Å². The molecule has 0 spiro atoms. The van der Waals surface area contributed by atoms with Crippen molar-refractivity contribution in [3.05, 3.63) is 29.6 Å². The van der Waals surface area contributed by atoms with E-state index in [2.05, 4.69) is 0 Å². The second kappa shape index (κ2) is 5.42. The van der Waals surface area contributed by atoms with E-state index in [1.165, 1.54) is 12.1 Å². The van der Waals surface area contributed by atoms with Gasteiger partial charge in [0.25, 0.3) is 0 Å². The van der Waals surface area contributed by atoms with Crippen LogP contribution in [0.4, 0.5) is 4.39 Å². The molecule has 0 amide bonds. The molecule has 2 N–H and O–H groups in total. The van der Waals surface area contributed by atoms with Crippen LogP contribution in [0.2, 0.25) is 0 Å². The van der Waals surface area contributed by atoms with Gasteiger partial charge in [0.05, 0.1) is 13.2 Å². The van der Waals surface area contributed by atoms with Crippen molar-refractivity contribution >= 4 is 17.2 Å². The molecule has 17 heavy (non-hydrogen) atoms. The molecule has 0 aromatic heterocycles. The number of benzene rings is 1. The van der Waals surface area contributed by atoms with Gasteiger partial charge in [-0.15, -0.1) is 0 Å². The van der Waals surface area contributed by atoms with Gasteiger partial charge in [0.15, 0.2) is 0 Å². The summed E-state index contributed by atoms with van der Waals surface area (Å²) in [4.78, 5) is 0.0539. The lowest BCUT2D eigenvalue weighted by atomic mass is 10.1. The van der Waals surface area contributed by atoms with E-state index in [0.29, 0.717) is 24.9 Å². The van der Waals surface area contributed by atoms with E-state index in [4.69, 9.17) is 27.4 Å². The number of hydrogen-bond acceptors (Lipinski definition) is 3. The van der Waals surface area contributed by atoms with Gasteiger partial charge in [0, 0.05) is 24.2 Å². The Morgan fingerprint density at radius 2 is 2.41 bits per heavy atom. The maximum atomic E-state index is 13.5. The van der Waals surface area contributed by atoms with Gasteiger partial charge in [-0.1, -0.05) is 12.2 Å². The summed E-state index contributed by atoms with van der Waals surface area (Å²) in [5.41, 5.74) is 5.62. The SMILES string of the molecule is NC(=S)c1ccc(OCC2CCOC2)cc1F. The second-order valence-corrected chi connectivity index (χ2v) is 4.49. The van der Waals surface area contributed by atoms with E-state index < -0.39 is 5.82 Å². The van der Waals surface area contributed by atoms with Gasteiger partial charge in [0.2, 0.25) is 0 Å². The van der Waals surface area contributed by atoms with Crippen molar-refractivity contribution < 1.29 is 13.9 Å². The molecular weight excluding hydrogens is 241 g/mol. The van der Waals surface area contributed by atoms with Crippen LogP contribution in [0.1, 0.15) is 12.0 Å². The summed E-state index contributed by atoms with van der Waals surface area (Å²) in [7, 11) is 0. The Labute approximate surface area is 105 Å². The summed E-state index contributed by atoms with van der Waals surface area (Å²) in [5, 5.41) is 0. The maximum Gasteiger partial charge on any atom is 0.137 e. The molecule has 1 fully saturated rings. The van der Waals surface area contributed by atoms with Crippen LogP contribution in [-0.4, -0.2) is 24.8 Å². The van der Waals surface area contributed by atoms with Crippen molar-refractivity contribution in [2.24, 2.45) is 11.7 Å². The quantitative estimate of drug-likeness (QED) is 0.834. The van der Waals surface area contributed by atoms with Crippen LogP contribution in [0.25, 0.3) is 0 Å². The third-order valence-electron chi connectivity index (χ3n) is 2.72. The first-order chi connectivity index (χ1) is 8.16. The van der Waals surface area contributed by atoms with Crippen LogP contribution in [0.15, 0.2) is 18.2 Å². The molecule has 3 nitrogen and oxygen atoms in total. The Morgan fingerprint density at radius 3 is 3.00 bits per heavy atom. The zero-order valence-corrected chi connectivity index (χ0v) is 10.1. The third kappa shape index (κ3) is 3.14. The van der Waals surface area contributed by atoms with Gasteiger partial charge in [-0.05, 0) is 18.6 Å². The van der Waals surface area contributed by atoms with Crippen LogP contribution < -0.4 is 10.5 Å². The molecule has 5 heteroatoms. The second-order valence-electron chi connectivity index (χ2n) is 4.05. The average molecular weight is 255 g/mol. The first kappa shape index (κ1) is 12.3. The summed E-state index contributed by atoms with van der Waals surface area (Å²) in [5.74, 6) is 0.445. The lowest BCUT2D eigenvalue weighted by Gasteiger charge is -2.11. The summed E-state index contributed by atoms with van der Waals surface area (Å²) in [6.45, 7) is 2.04. The highest BCUT2D eigenvalue weighted by atomic mass is 32.1. The Hall–Kier alpha value is -1.20. The minimum Gasteiger partial charge on any atom is -0.493 e. The van der Waals surface area contributed by atoms with E-state index in [-0.39, 0.29) is 10.6 Å². The smallest absolute Gasteiger partial charge is 0.137 e. The van der Waals surface area contributed by atoms with Crippen molar-refractivity contribution in [1.82, 2.24) is 0 Å². The molecule has 1 aliphatic rings. The molecule has 1 heterocycles. The standard InChI is InChI=1S/C12H14FNO2S/c13-11-5-9(1-2-10(11)12(14)17)16-7-8-3-4-15-6-8/h1-2,5,8H,3-4,6-7H2,(H2,14,17). The van der Waals surface area contributed by atoms with Gasteiger partial charge in [-0.3, -0.25) is 0 Å². The summed E-state index contributed by atoms with van der Waals surface area (Å²) in [6.07, 6.45) is 0.994. The predicted octanol–water partition coefficient (Wildman–Crippen LogP) is 1.88. The Kier molecular flexibility index (Phi) is 3.91. The van der Waals surface area contributed by atoms with Crippen molar-refractivity contribution in [3.63, 3.8) is 0 Å².